The molecule has 0 aromatic heterocycles. The summed E-state index contributed by atoms with van der Waals surface area (Å²) in [5.74, 6) is 0. The zero-order valence-electron chi connectivity index (χ0n) is 5.59. The molecule has 0 aromatic rings. The molecule has 51 valence electrons. The van der Waals surface area contributed by atoms with Gasteiger partial charge in [0.05, 0.1) is 6.26 Å². The minimum Gasteiger partial charge on any atom is -0.426 e. The average Bonchev–Trinajstić information content (AvgIpc) is 1.89. The molecule has 0 unspecified atom stereocenters. The summed E-state index contributed by atoms with van der Waals surface area (Å²) < 4.78 is 4.19. The van der Waals surface area contributed by atoms with Crippen LogP contribution in [-0.4, -0.2) is 6.47 Å². The summed E-state index contributed by atoms with van der Waals surface area (Å²) in [4.78, 5) is 9.44. The van der Waals surface area contributed by atoms with Gasteiger partial charge >= 0.3 is 6.47 Å². The van der Waals surface area contributed by atoms with Crippen LogP contribution in [0, 0.1) is 0 Å². The summed E-state index contributed by atoms with van der Waals surface area (Å²) in [5.41, 5.74) is 0. The maximum atomic E-state index is 9.44. The van der Waals surface area contributed by atoms with Gasteiger partial charge in [-0.1, -0.05) is 13.3 Å². The van der Waals surface area contributed by atoms with Crippen LogP contribution in [0.3, 0.4) is 0 Å². The van der Waals surface area contributed by atoms with Crippen LogP contribution in [0.1, 0.15) is 26.2 Å². The maximum Gasteiger partial charge on any atom is 0.422 e. The van der Waals surface area contributed by atoms with Gasteiger partial charge in [0.1, 0.15) is 0 Å². The second-order valence-electron chi connectivity index (χ2n) is 1.72. The van der Waals surface area contributed by atoms with Crippen LogP contribution in [0.25, 0.3) is 0 Å². The van der Waals surface area contributed by atoms with Gasteiger partial charge in [-0.3, -0.25) is 0 Å². The molecule has 0 spiro atoms. The Balaban J connectivity index is 2.94. The summed E-state index contributed by atoms with van der Waals surface area (Å²) in [6, 6.07) is 0. The van der Waals surface area contributed by atoms with Crippen LogP contribution in [0.2, 0.25) is 0 Å². The molecule has 0 atom stereocenters. The molecule has 0 aliphatic carbocycles. The number of carbonyl (C=O) groups excluding carboxylic acids is 1. The van der Waals surface area contributed by atoms with Crippen LogP contribution in [0.15, 0.2) is 12.3 Å². The predicted molar refractivity (Wildman–Crippen MR) is 35.4 cm³/mol. The van der Waals surface area contributed by atoms with Crippen molar-refractivity contribution < 1.29 is 9.53 Å². The zero-order valence-corrected chi connectivity index (χ0v) is 5.59. The van der Waals surface area contributed by atoms with E-state index < -0.39 is 0 Å². The van der Waals surface area contributed by atoms with E-state index in [1.54, 1.807) is 0 Å². The fraction of sp³-hybridized carbons (Fsp3) is 0.571. The van der Waals surface area contributed by atoms with Crippen LogP contribution in [-0.2, 0) is 9.53 Å². The first-order valence-electron chi connectivity index (χ1n) is 3.09. The lowest BCUT2D eigenvalue weighted by Crippen LogP contribution is -1.72. The number of hydrogen-bond acceptors (Lipinski definition) is 2. The van der Waals surface area contributed by atoms with Gasteiger partial charge in [0.2, 0.25) is 0 Å². The first kappa shape index (κ1) is 8.21. The van der Waals surface area contributed by atoms with Crippen molar-refractivity contribution >= 4 is 6.47 Å². The largest absolute Gasteiger partial charge is 0.426 e. The fourth-order valence-electron chi connectivity index (χ4n) is 0.466. The van der Waals surface area contributed by atoms with Gasteiger partial charge in [0.25, 0.3) is 0 Å². The topological polar surface area (TPSA) is 26.3 Å². The molecule has 2 heteroatoms. The summed E-state index contributed by atoms with van der Waals surface area (Å²) in [6.45, 7) is 3.42. The summed E-state index contributed by atoms with van der Waals surface area (Å²) in [5, 5.41) is 0. The number of rotatable bonds is 5. The van der Waals surface area contributed by atoms with Gasteiger partial charge < -0.3 is 4.74 Å². The summed E-state index contributed by atoms with van der Waals surface area (Å²) in [7, 11) is 0. The smallest absolute Gasteiger partial charge is 0.422 e. The second kappa shape index (κ2) is 7.21. The minimum atomic E-state index is 0.970. The van der Waals surface area contributed by atoms with Crippen LogP contribution < -0.4 is 0 Å². The van der Waals surface area contributed by atoms with E-state index in [0.29, 0.717) is 0 Å². The Bertz CT molecular complexity index is 86.9. The summed E-state index contributed by atoms with van der Waals surface area (Å²) >= 11 is 0. The molecule has 0 heterocycles. The van der Waals surface area contributed by atoms with E-state index in [1.165, 1.54) is 12.7 Å². The minimum absolute atomic E-state index is 0.970. The molecule has 0 N–H and O–H groups in total. The predicted octanol–water partition coefficient (Wildman–Crippen LogP) is 1.77. The Morgan fingerprint density at radius 2 is 2.44 bits per heavy atom. The highest BCUT2D eigenvalue weighted by atomic mass is 16.5. The highest BCUT2D eigenvalue weighted by Gasteiger charge is 1.76. The number of unbranched alkanes of at least 4 members (excludes halogenated alkanes) is 2. The molecule has 9 heavy (non-hydrogen) atoms. The SMILES string of the molecule is CCCCC=CO[C]=O. The van der Waals surface area contributed by atoms with E-state index in [0.717, 1.165) is 19.3 Å². The van der Waals surface area contributed by atoms with Gasteiger partial charge in [-0.05, 0) is 18.9 Å². The monoisotopic (exact) mass is 127 g/mol. The molecule has 1 radical (unpaired) electrons. The highest BCUT2D eigenvalue weighted by molar-refractivity contribution is 5.39. The average molecular weight is 127 g/mol. The van der Waals surface area contributed by atoms with E-state index in [9.17, 15) is 4.79 Å². The van der Waals surface area contributed by atoms with E-state index in [2.05, 4.69) is 11.7 Å². The standard InChI is InChI=1S/C7H11O2/c1-2-3-4-5-6-9-7-8/h5-6H,2-4H2,1H3. The van der Waals surface area contributed by atoms with Gasteiger partial charge in [0.15, 0.2) is 0 Å². The van der Waals surface area contributed by atoms with Crippen molar-refractivity contribution in [1.82, 2.24) is 0 Å². The lowest BCUT2D eigenvalue weighted by molar-refractivity contribution is 0.396. The molecule has 0 saturated carbocycles. The lowest BCUT2D eigenvalue weighted by Gasteiger charge is -1.85. The molecular weight excluding hydrogens is 116 g/mol. The molecule has 0 saturated heterocycles. The van der Waals surface area contributed by atoms with Gasteiger partial charge in [0, 0.05) is 0 Å². The molecule has 0 amide bonds. The van der Waals surface area contributed by atoms with Crippen LogP contribution in [0.5, 0.6) is 0 Å². The third-order valence-electron chi connectivity index (χ3n) is 0.937. The highest BCUT2D eigenvalue weighted by Crippen LogP contribution is 1.93. The van der Waals surface area contributed by atoms with Crippen molar-refractivity contribution in [3.63, 3.8) is 0 Å². The van der Waals surface area contributed by atoms with Crippen molar-refractivity contribution in [3.8, 4) is 0 Å². The Hall–Kier alpha value is -0.790. The first-order valence-corrected chi connectivity index (χ1v) is 3.09. The Morgan fingerprint density at radius 1 is 1.67 bits per heavy atom. The van der Waals surface area contributed by atoms with Gasteiger partial charge in [-0.25, -0.2) is 4.79 Å². The fourth-order valence-corrected chi connectivity index (χ4v) is 0.466. The molecule has 2 nitrogen and oxygen atoms in total. The van der Waals surface area contributed by atoms with Crippen LogP contribution in [0.4, 0.5) is 0 Å². The molecule has 0 rings (SSSR count). The molecular formula is C7H11O2. The van der Waals surface area contributed by atoms with Crippen molar-refractivity contribution in [2.75, 3.05) is 0 Å². The van der Waals surface area contributed by atoms with Crippen LogP contribution >= 0.6 is 0 Å². The summed E-state index contributed by atoms with van der Waals surface area (Å²) in [6.07, 6.45) is 6.45. The Labute approximate surface area is 55.5 Å². The van der Waals surface area contributed by atoms with E-state index in [4.69, 9.17) is 0 Å². The first-order chi connectivity index (χ1) is 4.41. The Morgan fingerprint density at radius 3 is 3.00 bits per heavy atom. The van der Waals surface area contributed by atoms with Crippen molar-refractivity contribution in [2.24, 2.45) is 0 Å². The quantitative estimate of drug-likeness (QED) is 0.415. The Kier molecular flexibility index (Phi) is 6.58. The van der Waals surface area contributed by atoms with E-state index >= 15 is 0 Å². The molecule has 0 aromatic carbocycles. The lowest BCUT2D eigenvalue weighted by atomic mass is 10.2. The third-order valence-corrected chi connectivity index (χ3v) is 0.937. The van der Waals surface area contributed by atoms with Crippen molar-refractivity contribution in [1.29, 1.82) is 0 Å². The van der Waals surface area contributed by atoms with E-state index in [-0.39, 0.29) is 0 Å². The molecule has 0 fully saturated rings. The zero-order chi connectivity index (χ0) is 6.95. The van der Waals surface area contributed by atoms with Gasteiger partial charge in [-0.15, -0.1) is 0 Å². The van der Waals surface area contributed by atoms with Crippen molar-refractivity contribution in [3.05, 3.63) is 12.3 Å². The molecule has 0 aliphatic rings. The molecule has 0 aliphatic heterocycles. The molecule has 0 bridgehead atoms. The normalized spacial score (nSPS) is 9.89. The second-order valence-corrected chi connectivity index (χ2v) is 1.72. The number of ether oxygens (including phenoxy) is 1. The number of allylic oxidation sites excluding steroid dienone is 1. The van der Waals surface area contributed by atoms with Crippen molar-refractivity contribution in [2.45, 2.75) is 26.2 Å². The van der Waals surface area contributed by atoms with Gasteiger partial charge in [-0.2, -0.15) is 0 Å². The third kappa shape index (κ3) is 7.21. The maximum absolute atomic E-state index is 9.44. The van der Waals surface area contributed by atoms with E-state index in [1.807, 2.05) is 6.08 Å². The number of hydrogen-bond donors (Lipinski definition) is 0.